The topological polar surface area (TPSA) is 96.5 Å². The molecular weight excluding hydrogens is 474 g/mol. The van der Waals surface area contributed by atoms with Crippen molar-refractivity contribution in [2.24, 2.45) is 5.92 Å². The Morgan fingerprint density at radius 1 is 0.969 bits per heavy atom. The Hall–Kier alpha value is -2.87. The van der Waals surface area contributed by atoms with E-state index in [1.165, 1.54) is 0 Å². The summed E-state index contributed by atoms with van der Waals surface area (Å²) in [6.07, 6.45) is 0.792. The van der Waals surface area contributed by atoms with Crippen LogP contribution in [-0.2, 0) is 9.59 Å². The van der Waals surface area contributed by atoms with Gasteiger partial charge in [0.15, 0.2) is 0 Å². The number of rotatable bonds is 9. The number of hydrogen-bond acceptors (Lipinski definition) is 4. The number of halogens is 1. The lowest BCUT2D eigenvalue weighted by Gasteiger charge is -2.14. The highest BCUT2D eigenvalue weighted by molar-refractivity contribution is 9.10. The first-order valence-corrected chi connectivity index (χ1v) is 11.3. The Kier molecular flexibility index (Phi) is 9.71. The molecule has 0 fully saturated rings. The predicted octanol–water partition coefficient (Wildman–Crippen LogP) is 4.67. The molecule has 172 valence electrons. The van der Waals surface area contributed by atoms with Crippen molar-refractivity contribution in [1.82, 2.24) is 10.9 Å². The fraction of sp³-hybridized carbons (Fsp3) is 0.375. The standard InChI is InChI=1S/C24H30BrN3O4/c1-15(2)11-12-32-21-8-7-18(25)14-19(21)24(31)28-27-23(30)10-9-22(29)26-20-13-16(3)5-6-17(20)4/h5-8,13-15H,9-12H2,1-4H3,(H,26,29)(H,27,30)(H,28,31). The van der Waals surface area contributed by atoms with Gasteiger partial charge in [-0.3, -0.25) is 25.2 Å². The molecule has 0 aliphatic carbocycles. The lowest BCUT2D eigenvalue weighted by atomic mass is 10.1. The van der Waals surface area contributed by atoms with Crippen LogP contribution < -0.4 is 20.9 Å². The van der Waals surface area contributed by atoms with Crippen LogP contribution in [0.3, 0.4) is 0 Å². The van der Waals surface area contributed by atoms with Crippen molar-refractivity contribution in [2.75, 3.05) is 11.9 Å². The zero-order valence-electron chi connectivity index (χ0n) is 18.9. The summed E-state index contributed by atoms with van der Waals surface area (Å²) in [5.74, 6) is -0.318. The van der Waals surface area contributed by atoms with Gasteiger partial charge in [0.2, 0.25) is 11.8 Å². The zero-order chi connectivity index (χ0) is 23.7. The van der Waals surface area contributed by atoms with Crippen LogP contribution in [0.15, 0.2) is 40.9 Å². The van der Waals surface area contributed by atoms with Crippen LogP contribution in [0.1, 0.15) is 54.6 Å². The van der Waals surface area contributed by atoms with Gasteiger partial charge in [0.25, 0.3) is 5.91 Å². The van der Waals surface area contributed by atoms with Crippen LogP contribution in [0.5, 0.6) is 5.75 Å². The maximum atomic E-state index is 12.6. The first-order chi connectivity index (χ1) is 15.2. The van der Waals surface area contributed by atoms with Crippen LogP contribution in [0.25, 0.3) is 0 Å². The molecule has 2 aromatic rings. The van der Waals surface area contributed by atoms with E-state index < -0.39 is 11.8 Å². The van der Waals surface area contributed by atoms with Crippen molar-refractivity contribution in [3.8, 4) is 5.75 Å². The van der Waals surface area contributed by atoms with Crippen molar-refractivity contribution in [3.63, 3.8) is 0 Å². The second kappa shape index (κ2) is 12.2. The van der Waals surface area contributed by atoms with Crippen LogP contribution >= 0.6 is 15.9 Å². The average molecular weight is 504 g/mol. The largest absolute Gasteiger partial charge is 0.493 e. The van der Waals surface area contributed by atoms with Gasteiger partial charge >= 0.3 is 0 Å². The highest BCUT2D eigenvalue weighted by Gasteiger charge is 2.15. The summed E-state index contributed by atoms with van der Waals surface area (Å²) in [5, 5.41) is 2.81. The molecule has 0 aliphatic heterocycles. The fourth-order valence-corrected chi connectivity index (χ4v) is 3.14. The monoisotopic (exact) mass is 503 g/mol. The summed E-state index contributed by atoms with van der Waals surface area (Å²) >= 11 is 3.35. The van der Waals surface area contributed by atoms with Gasteiger partial charge in [0.05, 0.1) is 12.2 Å². The van der Waals surface area contributed by atoms with Gasteiger partial charge in [-0.1, -0.05) is 41.9 Å². The van der Waals surface area contributed by atoms with Crippen LogP contribution in [0, 0.1) is 19.8 Å². The number of hydrogen-bond donors (Lipinski definition) is 3. The minimum Gasteiger partial charge on any atom is -0.493 e. The number of amides is 3. The summed E-state index contributed by atoms with van der Waals surface area (Å²) < 4.78 is 6.45. The molecule has 0 saturated carbocycles. The number of benzene rings is 2. The van der Waals surface area contributed by atoms with E-state index in [9.17, 15) is 14.4 Å². The molecule has 0 atom stereocenters. The smallest absolute Gasteiger partial charge is 0.273 e. The summed E-state index contributed by atoms with van der Waals surface area (Å²) in [7, 11) is 0. The van der Waals surface area contributed by atoms with Gasteiger partial charge in [-0.05, 0) is 61.6 Å². The van der Waals surface area contributed by atoms with Gasteiger partial charge in [-0.15, -0.1) is 0 Å². The fourth-order valence-electron chi connectivity index (χ4n) is 2.78. The molecule has 8 heteroatoms. The molecule has 0 heterocycles. The molecule has 0 radical (unpaired) electrons. The minimum absolute atomic E-state index is 0.00443. The highest BCUT2D eigenvalue weighted by Crippen LogP contribution is 2.23. The van der Waals surface area contributed by atoms with Crippen molar-refractivity contribution < 1.29 is 19.1 Å². The minimum atomic E-state index is -0.501. The quantitative estimate of drug-likeness (QED) is 0.433. The average Bonchev–Trinajstić information content (AvgIpc) is 2.73. The third kappa shape index (κ3) is 8.34. The normalized spacial score (nSPS) is 10.6. The van der Waals surface area contributed by atoms with Gasteiger partial charge < -0.3 is 10.1 Å². The van der Waals surface area contributed by atoms with E-state index >= 15 is 0 Å². The SMILES string of the molecule is Cc1ccc(C)c(NC(=O)CCC(=O)NNC(=O)c2cc(Br)ccc2OCCC(C)C)c1. The Bertz CT molecular complexity index is 976. The molecule has 3 amide bonds. The van der Waals surface area contributed by atoms with E-state index in [4.69, 9.17) is 4.74 Å². The lowest BCUT2D eigenvalue weighted by Crippen LogP contribution is -2.42. The molecule has 0 bridgehead atoms. The Labute approximate surface area is 197 Å². The van der Waals surface area contributed by atoms with E-state index in [1.54, 1.807) is 18.2 Å². The number of carbonyl (C=O) groups excluding carboxylic acids is 3. The van der Waals surface area contributed by atoms with Gasteiger partial charge in [0.1, 0.15) is 5.75 Å². The van der Waals surface area contributed by atoms with Crippen LogP contribution in [0.4, 0.5) is 5.69 Å². The predicted molar refractivity (Wildman–Crippen MR) is 128 cm³/mol. The summed E-state index contributed by atoms with van der Waals surface area (Å²) in [5.41, 5.74) is 7.74. The van der Waals surface area contributed by atoms with Crippen molar-refractivity contribution in [3.05, 3.63) is 57.6 Å². The van der Waals surface area contributed by atoms with Crippen LogP contribution in [-0.4, -0.2) is 24.3 Å². The maximum absolute atomic E-state index is 12.6. The molecular formula is C24H30BrN3O4. The molecule has 0 unspecified atom stereocenters. The van der Waals surface area contributed by atoms with E-state index in [0.717, 1.165) is 23.2 Å². The summed E-state index contributed by atoms with van der Waals surface area (Å²) in [4.78, 5) is 36.8. The first kappa shape index (κ1) is 25.4. The molecule has 2 rings (SSSR count). The molecule has 32 heavy (non-hydrogen) atoms. The highest BCUT2D eigenvalue weighted by atomic mass is 79.9. The molecule has 0 saturated heterocycles. The second-order valence-electron chi connectivity index (χ2n) is 8.04. The van der Waals surface area contributed by atoms with E-state index in [1.807, 2.05) is 32.0 Å². The Balaban J connectivity index is 1.84. The Morgan fingerprint density at radius 3 is 2.41 bits per heavy atom. The number of aryl methyl sites for hydroxylation is 2. The zero-order valence-corrected chi connectivity index (χ0v) is 20.5. The maximum Gasteiger partial charge on any atom is 0.273 e. The molecule has 7 nitrogen and oxygen atoms in total. The Morgan fingerprint density at radius 2 is 1.69 bits per heavy atom. The molecule has 0 spiro atoms. The number of nitrogens with one attached hydrogen (secondary N) is 3. The molecule has 2 aromatic carbocycles. The van der Waals surface area contributed by atoms with Gasteiger partial charge in [0, 0.05) is 23.0 Å². The molecule has 3 N–H and O–H groups in total. The van der Waals surface area contributed by atoms with Gasteiger partial charge in [-0.2, -0.15) is 0 Å². The van der Waals surface area contributed by atoms with Crippen LogP contribution in [0.2, 0.25) is 0 Å². The lowest BCUT2D eigenvalue weighted by molar-refractivity contribution is -0.124. The molecule has 0 aliphatic rings. The van der Waals surface area contributed by atoms with E-state index in [0.29, 0.717) is 28.3 Å². The van der Waals surface area contributed by atoms with Crippen molar-refractivity contribution in [1.29, 1.82) is 0 Å². The summed E-state index contributed by atoms with van der Waals surface area (Å²) in [6.45, 7) is 8.52. The van der Waals surface area contributed by atoms with Crippen molar-refractivity contribution in [2.45, 2.75) is 47.0 Å². The first-order valence-electron chi connectivity index (χ1n) is 10.5. The third-order valence-electron chi connectivity index (χ3n) is 4.70. The van der Waals surface area contributed by atoms with Gasteiger partial charge in [-0.25, -0.2) is 0 Å². The van der Waals surface area contributed by atoms with E-state index in [-0.39, 0.29) is 18.7 Å². The molecule has 0 aromatic heterocycles. The number of hydrazine groups is 1. The second-order valence-corrected chi connectivity index (χ2v) is 8.96. The van der Waals surface area contributed by atoms with E-state index in [2.05, 4.69) is 45.9 Å². The number of anilines is 1. The summed E-state index contributed by atoms with van der Waals surface area (Å²) in [6, 6.07) is 10.9. The number of ether oxygens (including phenoxy) is 1. The van der Waals surface area contributed by atoms with Crippen molar-refractivity contribution >= 4 is 39.3 Å². The third-order valence-corrected chi connectivity index (χ3v) is 5.19. The number of carbonyl (C=O) groups is 3.